The van der Waals surface area contributed by atoms with Crippen LogP contribution in [0.2, 0.25) is 0 Å². The minimum absolute atomic E-state index is 0. The summed E-state index contributed by atoms with van der Waals surface area (Å²) in [5.41, 5.74) is 1.24. The Hall–Kier alpha value is -0.273. The van der Waals surface area contributed by atoms with E-state index < -0.39 is 10.1 Å². The summed E-state index contributed by atoms with van der Waals surface area (Å²) in [6.07, 6.45) is 13.1. The average Bonchev–Trinajstić information content (AvgIpc) is 2.48. The molecule has 0 atom stereocenters. The molecule has 0 heterocycles. The fourth-order valence-corrected chi connectivity index (χ4v) is 4.02. The van der Waals surface area contributed by atoms with Crippen LogP contribution in [-0.2, 0) is 16.5 Å². The summed E-state index contributed by atoms with van der Waals surface area (Å²) in [5.74, 6) is 0. The van der Waals surface area contributed by atoms with Gasteiger partial charge in [0.2, 0.25) is 0 Å². The van der Waals surface area contributed by atoms with Crippen LogP contribution in [0.1, 0.15) is 82.3 Å². The van der Waals surface area contributed by atoms with Crippen molar-refractivity contribution in [2.45, 2.75) is 89.4 Å². The second kappa shape index (κ2) is 13.0. The summed E-state index contributed by atoms with van der Waals surface area (Å²) in [6.45, 7) is 3.92. The van der Waals surface area contributed by atoms with Crippen LogP contribution < -0.4 is 18.9 Å². The van der Waals surface area contributed by atoms with Crippen LogP contribution in [-0.4, -0.2) is 13.0 Å². The molecule has 0 saturated heterocycles. The first-order valence-corrected chi connectivity index (χ1v) is 10.4. The summed E-state index contributed by atoms with van der Waals surface area (Å²) < 4.78 is 34.2. The minimum Gasteiger partial charge on any atom is -0.744 e. The molecule has 0 bridgehead atoms. The zero-order chi connectivity index (χ0) is 17.1. The molecule has 0 aromatic heterocycles. The number of unbranched alkanes of at least 4 members (excludes halogenated alkanes) is 9. The van der Waals surface area contributed by atoms with Crippen LogP contribution in [0.25, 0.3) is 0 Å². The third-order valence-corrected chi connectivity index (χ3v) is 5.43. The molecule has 132 valence electrons. The van der Waals surface area contributed by atoms with Gasteiger partial charge in [-0.05, 0) is 30.9 Å². The second-order valence-corrected chi connectivity index (χ2v) is 7.77. The van der Waals surface area contributed by atoms with Gasteiger partial charge >= 0.3 is 18.9 Å². The SMILES string of the molecule is CCCCCCCCCCCCc1cccc(C)c1S(=O)(=O)[O-].[Li+]. The molecule has 0 amide bonds. The van der Waals surface area contributed by atoms with E-state index in [4.69, 9.17) is 0 Å². The largest absolute Gasteiger partial charge is 1.00 e. The van der Waals surface area contributed by atoms with Gasteiger partial charge in [-0.3, -0.25) is 0 Å². The predicted molar refractivity (Wildman–Crippen MR) is 94.7 cm³/mol. The molecule has 0 unspecified atom stereocenters. The Balaban J connectivity index is 0.00000529. The Morgan fingerprint density at radius 3 is 1.88 bits per heavy atom. The first-order valence-electron chi connectivity index (χ1n) is 9.01. The van der Waals surface area contributed by atoms with Crippen LogP contribution in [0, 0.1) is 6.92 Å². The van der Waals surface area contributed by atoms with Gasteiger partial charge < -0.3 is 4.55 Å². The maximum absolute atomic E-state index is 11.4. The van der Waals surface area contributed by atoms with Crippen molar-refractivity contribution in [3.05, 3.63) is 29.3 Å². The van der Waals surface area contributed by atoms with E-state index in [1.54, 1.807) is 19.1 Å². The Labute approximate surface area is 160 Å². The van der Waals surface area contributed by atoms with Gasteiger partial charge in [0.15, 0.2) is 0 Å². The monoisotopic (exact) mass is 346 g/mol. The minimum atomic E-state index is -4.38. The predicted octanol–water partition coefficient (Wildman–Crippen LogP) is 2.37. The molecule has 3 nitrogen and oxygen atoms in total. The van der Waals surface area contributed by atoms with E-state index in [0.717, 1.165) is 12.8 Å². The third-order valence-electron chi connectivity index (χ3n) is 4.34. The number of hydrogen-bond acceptors (Lipinski definition) is 3. The molecule has 0 spiro atoms. The van der Waals surface area contributed by atoms with Crippen LogP contribution in [0.4, 0.5) is 0 Å². The third kappa shape index (κ3) is 9.27. The molecular weight excluding hydrogens is 315 g/mol. The average molecular weight is 346 g/mol. The molecule has 0 radical (unpaired) electrons. The van der Waals surface area contributed by atoms with Crippen molar-refractivity contribution >= 4 is 10.1 Å². The Morgan fingerprint density at radius 2 is 1.38 bits per heavy atom. The smallest absolute Gasteiger partial charge is 0.744 e. The number of hydrogen-bond donors (Lipinski definition) is 0. The summed E-state index contributed by atoms with van der Waals surface area (Å²) >= 11 is 0. The first-order chi connectivity index (χ1) is 11.0. The zero-order valence-electron chi connectivity index (χ0n) is 15.6. The van der Waals surface area contributed by atoms with Crippen molar-refractivity contribution in [2.24, 2.45) is 0 Å². The molecule has 0 N–H and O–H groups in total. The quantitative estimate of drug-likeness (QED) is 0.332. The standard InChI is InChI=1S/C19H32O3S.Li/c1-3-4-5-6-7-8-9-10-11-12-15-18-16-13-14-17(2)19(18)23(20,21)22;/h13-14,16H,3-12,15H2,1-2H3,(H,20,21,22);/q;+1/p-1. The van der Waals surface area contributed by atoms with Gasteiger partial charge in [0.25, 0.3) is 0 Å². The molecule has 5 heteroatoms. The maximum Gasteiger partial charge on any atom is 1.00 e. The van der Waals surface area contributed by atoms with Crippen molar-refractivity contribution in [1.29, 1.82) is 0 Å². The Morgan fingerprint density at radius 1 is 0.875 bits per heavy atom. The topological polar surface area (TPSA) is 57.2 Å². The molecule has 0 aliphatic heterocycles. The number of aryl methyl sites for hydroxylation is 2. The Bertz CT molecular complexity index is 556. The van der Waals surface area contributed by atoms with Gasteiger partial charge in [0, 0.05) is 0 Å². The van der Waals surface area contributed by atoms with E-state index in [1.807, 2.05) is 6.07 Å². The number of rotatable bonds is 12. The molecular formula is C19H31LiO3S. The molecule has 1 rings (SSSR count). The number of benzene rings is 1. The van der Waals surface area contributed by atoms with Gasteiger partial charge in [-0.15, -0.1) is 0 Å². The van der Waals surface area contributed by atoms with E-state index in [2.05, 4.69) is 6.92 Å². The van der Waals surface area contributed by atoms with Crippen LogP contribution in [0.15, 0.2) is 23.1 Å². The zero-order valence-corrected chi connectivity index (χ0v) is 16.5. The summed E-state index contributed by atoms with van der Waals surface area (Å²) in [4.78, 5) is -0.00377. The van der Waals surface area contributed by atoms with Crippen molar-refractivity contribution in [2.75, 3.05) is 0 Å². The van der Waals surface area contributed by atoms with Gasteiger partial charge in [-0.1, -0.05) is 82.9 Å². The van der Waals surface area contributed by atoms with Crippen LogP contribution in [0.3, 0.4) is 0 Å². The van der Waals surface area contributed by atoms with Crippen LogP contribution in [0.5, 0.6) is 0 Å². The van der Waals surface area contributed by atoms with Crippen molar-refractivity contribution < 1.29 is 31.8 Å². The Kier molecular flexibility index (Phi) is 12.9. The molecule has 1 aromatic carbocycles. The van der Waals surface area contributed by atoms with E-state index in [0.29, 0.717) is 17.5 Å². The molecule has 0 aliphatic carbocycles. The molecule has 0 aliphatic rings. The van der Waals surface area contributed by atoms with Gasteiger partial charge in [0.05, 0.1) is 4.90 Å². The van der Waals surface area contributed by atoms with E-state index >= 15 is 0 Å². The van der Waals surface area contributed by atoms with Gasteiger partial charge in [-0.25, -0.2) is 8.42 Å². The van der Waals surface area contributed by atoms with Crippen LogP contribution >= 0.6 is 0 Å². The molecule has 1 aromatic rings. The summed E-state index contributed by atoms with van der Waals surface area (Å²) in [5, 5.41) is 0. The molecule has 0 saturated carbocycles. The van der Waals surface area contributed by atoms with E-state index in [1.165, 1.54) is 51.4 Å². The normalized spacial score (nSPS) is 11.3. The van der Waals surface area contributed by atoms with Crippen molar-refractivity contribution in [1.82, 2.24) is 0 Å². The van der Waals surface area contributed by atoms with E-state index in [9.17, 15) is 13.0 Å². The fraction of sp³-hybridized carbons (Fsp3) is 0.684. The molecule has 24 heavy (non-hydrogen) atoms. The maximum atomic E-state index is 11.4. The van der Waals surface area contributed by atoms with E-state index in [-0.39, 0.29) is 23.8 Å². The van der Waals surface area contributed by atoms with Gasteiger partial charge in [0.1, 0.15) is 10.1 Å². The van der Waals surface area contributed by atoms with Crippen molar-refractivity contribution in [3.8, 4) is 0 Å². The van der Waals surface area contributed by atoms with Crippen molar-refractivity contribution in [3.63, 3.8) is 0 Å². The second-order valence-electron chi connectivity index (χ2n) is 6.45. The molecule has 0 fully saturated rings. The fourth-order valence-electron chi connectivity index (χ4n) is 3.07. The van der Waals surface area contributed by atoms with Gasteiger partial charge in [-0.2, -0.15) is 0 Å². The summed E-state index contributed by atoms with van der Waals surface area (Å²) in [6, 6.07) is 5.29. The first kappa shape index (κ1) is 23.7. The summed E-state index contributed by atoms with van der Waals surface area (Å²) in [7, 11) is -4.38.